The standard InChI is InChI=1S/C16H16N2O3/c1-11(12-3-2-6-17-9-12)7-16(19)18-13-4-5-14-15(8-13)21-10-20-14/h2-6,8-9,11H,7,10H2,1H3,(H,18,19). The summed E-state index contributed by atoms with van der Waals surface area (Å²) in [6.45, 7) is 2.24. The van der Waals surface area contributed by atoms with Gasteiger partial charge < -0.3 is 14.8 Å². The van der Waals surface area contributed by atoms with Crippen LogP contribution in [0.1, 0.15) is 24.8 Å². The molecule has 0 aliphatic carbocycles. The molecule has 1 aromatic heterocycles. The Hall–Kier alpha value is -2.56. The van der Waals surface area contributed by atoms with Crippen LogP contribution < -0.4 is 14.8 Å². The molecule has 108 valence electrons. The van der Waals surface area contributed by atoms with E-state index in [0.29, 0.717) is 23.6 Å². The molecule has 0 bridgehead atoms. The largest absolute Gasteiger partial charge is 0.454 e. The highest BCUT2D eigenvalue weighted by Gasteiger charge is 2.15. The van der Waals surface area contributed by atoms with Crippen LogP contribution in [0.2, 0.25) is 0 Å². The first-order valence-corrected chi connectivity index (χ1v) is 6.82. The second-order valence-corrected chi connectivity index (χ2v) is 5.01. The average molecular weight is 284 g/mol. The molecule has 2 heterocycles. The fraction of sp³-hybridized carbons (Fsp3) is 0.250. The van der Waals surface area contributed by atoms with E-state index in [0.717, 1.165) is 5.56 Å². The van der Waals surface area contributed by atoms with Gasteiger partial charge in [-0.25, -0.2) is 0 Å². The summed E-state index contributed by atoms with van der Waals surface area (Å²) in [5.74, 6) is 1.45. The molecular formula is C16H16N2O3. The highest BCUT2D eigenvalue weighted by atomic mass is 16.7. The van der Waals surface area contributed by atoms with E-state index in [4.69, 9.17) is 9.47 Å². The smallest absolute Gasteiger partial charge is 0.231 e. The third kappa shape index (κ3) is 3.13. The van der Waals surface area contributed by atoms with Crippen molar-refractivity contribution >= 4 is 11.6 Å². The zero-order valence-electron chi connectivity index (χ0n) is 11.7. The Labute approximate surface area is 122 Å². The molecule has 0 saturated carbocycles. The minimum Gasteiger partial charge on any atom is -0.454 e. The molecule has 1 aliphatic rings. The van der Waals surface area contributed by atoms with Crippen LogP contribution >= 0.6 is 0 Å². The van der Waals surface area contributed by atoms with Crippen molar-refractivity contribution in [3.8, 4) is 11.5 Å². The number of benzene rings is 1. The lowest BCUT2D eigenvalue weighted by Crippen LogP contribution is -2.14. The molecule has 0 fully saturated rings. The van der Waals surface area contributed by atoms with Crippen molar-refractivity contribution < 1.29 is 14.3 Å². The molecule has 0 radical (unpaired) electrons. The number of anilines is 1. The third-order valence-corrected chi connectivity index (χ3v) is 3.40. The van der Waals surface area contributed by atoms with Gasteiger partial charge >= 0.3 is 0 Å². The summed E-state index contributed by atoms with van der Waals surface area (Å²) in [7, 11) is 0. The second-order valence-electron chi connectivity index (χ2n) is 5.01. The maximum Gasteiger partial charge on any atom is 0.231 e. The van der Waals surface area contributed by atoms with Gasteiger partial charge in [0.2, 0.25) is 12.7 Å². The number of fused-ring (bicyclic) bond motifs is 1. The summed E-state index contributed by atoms with van der Waals surface area (Å²) in [6, 6.07) is 9.23. The van der Waals surface area contributed by atoms with Gasteiger partial charge in [-0.05, 0) is 29.7 Å². The van der Waals surface area contributed by atoms with E-state index in [1.165, 1.54) is 0 Å². The molecule has 1 N–H and O–H groups in total. The number of aromatic nitrogens is 1. The van der Waals surface area contributed by atoms with Gasteiger partial charge in [0.05, 0.1) is 0 Å². The Bertz CT molecular complexity index is 643. The molecule has 1 aromatic carbocycles. The molecular weight excluding hydrogens is 268 g/mol. The zero-order valence-corrected chi connectivity index (χ0v) is 11.7. The predicted molar refractivity (Wildman–Crippen MR) is 78.5 cm³/mol. The number of carbonyl (C=O) groups excluding carboxylic acids is 1. The quantitative estimate of drug-likeness (QED) is 0.937. The zero-order chi connectivity index (χ0) is 14.7. The molecule has 1 unspecified atom stereocenters. The molecule has 1 aliphatic heterocycles. The Kier molecular flexibility index (Phi) is 3.73. The van der Waals surface area contributed by atoms with Crippen LogP contribution in [0, 0.1) is 0 Å². The monoisotopic (exact) mass is 284 g/mol. The SMILES string of the molecule is CC(CC(=O)Nc1ccc2c(c1)OCO2)c1cccnc1. The minimum atomic E-state index is -0.0368. The molecule has 0 saturated heterocycles. The number of amides is 1. The van der Waals surface area contributed by atoms with Crippen molar-refractivity contribution in [2.75, 3.05) is 12.1 Å². The molecule has 1 amide bonds. The number of rotatable bonds is 4. The molecule has 3 rings (SSSR count). The van der Waals surface area contributed by atoms with Gasteiger partial charge in [-0.3, -0.25) is 9.78 Å². The van der Waals surface area contributed by atoms with Crippen LogP contribution in [-0.2, 0) is 4.79 Å². The fourth-order valence-corrected chi connectivity index (χ4v) is 2.25. The van der Waals surface area contributed by atoms with Crippen molar-refractivity contribution in [1.29, 1.82) is 0 Å². The number of carbonyl (C=O) groups is 1. The number of nitrogens with one attached hydrogen (secondary N) is 1. The lowest BCUT2D eigenvalue weighted by Gasteiger charge is -2.11. The lowest BCUT2D eigenvalue weighted by molar-refractivity contribution is -0.116. The molecule has 5 heteroatoms. The van der Waals surface area contributed by atoms with Gasteiger partial charge in [0, 0.05) is 30.6 Å². The summed E-state index contributed by atoms with van der Waals surface area (Å²) in [6.07, 6.45) is 3.92. The molecule has 5 nitrogen and oxygen atoms in total. The summed E-state index contributed by atoms with van der Waals surface area (Å²) in [5, 5.41) is 2.88. The first-order chi connectivity index (χ1) is 10.2. The van der Waals surface area contributed by atoms with E-state index < -0.39 is 0 Å². The number of ether oxygens (including phenoxy) is 2. The van der Waals surface area contributed by atoms with Crippen LogP contribution in [0.5, 0.6) is 11.5 Å². The lowest BCUT2D eigenvalue weighted by atomic mass is 9.99. The Morgan fingerprint density at radius 3 is 3.00 bits per heavy atom. The van der Waals surface area contributed by atoms with E-state index in [9.17, 15) is 4.79 Å². The van der Waals surface area contributed by atoms with Crippen molar-refractivity contribution in [2.24, 2.45) is 0 Å². The maximum atomic E-state index is 12.1. The summed E-state index contributed by atoms with van der Waals surface area (Å²) >= 11 is 0. The van der Waals surface area contributed by atoms with Gasteiger partial charge in [0.15, 0.2) is 11.5 Å². The highest BCUT2D eigenvalue weighted by Crippen LogP contribution is 2.34. The van der Waals surface area contributed by atoms with Crippen molar-refractivity contribution in [3.63, 3.8) is 0 Å². The van der Waals surface area contributed by atoms with Gasteiger partial charge in [0.1, 0.15) is 0 Å². The number of hydrogen-bond donors (Lipinski definition) is 1. The van der Waals surface area contributed by atoms with E-state index in [1.54, 1.807) is 30.6 Å². The van der Waals surface area contributed by atoms with Crippen molar-refractivity contribution in [1.82, 2.24) is 4.98 Å². The maximum absolute atomic E-state index is 12.1. The van der Waals surface area contributed by atoms with Crippen LogP contribution in [0.4, 0.5) is 5.69 Å². The van der Waals surface area contributed by atoms with Gasteiger partial charge in [-0.15, -0.1) is 0 Å². The first kappa shape index (κ1) is 13.4. The van der Waals surface area contributed by atoms with Gasteiger partial charge in [-0.2, -0.15) is 0 Å². The van der Waals surface area contributed by atoms with E-state index in [2.05, 4.69) is 10.3 Å². The van der Waals surface area contributed by atoms with Crippen molar-refractivity contribution in [3.05, 3.63) is 48.3 Å². The fourth-order valence-electron chi connectivity index (χ4n) is 2.25. The van der Waals surface area contributed by atoms with Crippen LogP contribution in [0.15, 0.2) is 42.7 Å². The Morgan fingerprint density at radius 2 is 2.19 bits per heavy atom. The topological polar surface area (TPSA) is 60.5 Å². The molecule has 0 spiro atoms. The Balaban J connectivity index is 1.61. The normalized spacial score (nSPS) is 13.8. The number of pyridine rings is 1. The summed E-state index contributed by atoms with van der Waals surface area (Å²) in [4.78, 5) is 16.2. The summed E-state index contributed by atoms with van der Waals surface area (Å²) < 4.78 is 10.5. The van der Waals surface area contributed by atoms with E-state index in [-0.39, 0.29) is 18.6 Å². The molecule has 21 heavy (non-hydrogen) atoms. The predicted octanol–water partition coefficient (Wildman–Crippen LogP) is 2.94. The minimum absolute atomic E-state index is 0.0368. The summed E-state index contributed by atoms with van der Waals surface area (Å²) in [5.41, 5.74) is 1.76. The average Bonchev–Trinajstić information content (AvgIpc) is 2.95. The van der Waals surface area contributed by atoms with Crippen LogP contribution in [-0.4, -0.2) is 17.7 Å². The second kappa shape index (κ2) is 5.83. The highest BCUT2D eigenvalue weighted by molar-refractivity contribution is 5.91. The Morgan fingerprint density at radius 1 is 1.33 bits per heavy atom. The van der Waals surface area contributed by atoms with Gasteiger partial charge in [-0.1, -0.05) is 13.0 Å². The molecule has 1 atom stereocenters. The van der Waals surface area contributed by atoms with E-state index >= 15 is 0 Å². The van der Waals surface area contributed by atoms with Crippen molar-refractivity contribution in [2.45, 2.75) is 19.3 Å². The first-order valence-electron chi connectivity index (χ1n) is 6.82. The third-order valence-electron chi connectivity index (χ3n) is 3.40. The number of nitrogens with zero attached hydrogens (tertiary/aromatic N) is 1. The number of hydrogen-bond acceptors (Lipinski definition) is 4. The van der Waals surface area contributed by atoms with E-state index in [1.807, 2.05) is 19.1 Å². The van der Waals surface area contributed by atoms with Crippen LogP contribution in [0.3, 0.4) is 0 Å². The van der Waals surface area contributed by atoms with Gasteiger partial charge in [0.25, 0.3) is 0 Å². The molecule has 2 aromatic rings. The van der Waals surface area contributed by atoms with Crippen LogP contribution in [0.25, 0.3) is 0 Å².